The van der Waals surface area contributed by atoms with E-state index in [1.165, 1.54) is 0 Å². The van der Waals surface area contributed by atoms with E-state index in [-0.39, 0.29) is 46.6 Å². The third-order valence-electron chi connectivity index (χ3n) is 14.5. The van der Waals surface area contributed by atoms with Gasteiger partial charge in [-0.3, -0.25) is 0 Å². The van der Waals surface area contributed by atoms with E-state index in [2.05, 4.69) is 176 Å². The van der Waals surface area contributed by atoms with Crippen LogP contribution in [-0.2, 0) is 35.4 Å². The van der Waals surface area contributed by atoms with Gasteiger partial charge in [-0.15, -0.1) is 0 Å². The summed E-state index contributed by atoms with van der Waals surface area (Å²) in [4.78, 5) is 0. The van der Waals surface area contributed by atoms with E-state index in [4.69, 9.17) is 35.4 Å². The molecule has 462 valence electrons. The fourth-order valence-corrected chi connectivity index (χ4v) is 35.9. The van der Waals surface area contributed by atoms with Crippen LogP contribution in [0.4, 0.5) is 13.2 Å². The summed E-state index contributed by atoms with van der Waals surface area (Å²) >= 11 is 0. The normalized spacial score (nSPS) is 15.9. The number of alkyl halides is 3. The summed E-state index contributed by atoms with van der Waals surface area (Å²) in [7, 11) is -13.2. The van der Waals surface area contributed by atoms with Crippen LogP contribution in [0.25, 0.3) is 0 Å². The van der Waals surface area contributed by atoms with Crippen molar-refractivity contribution in [1.29, 1.82) is 0 Å². The highest BCUT2D eigenvalue weighted by Gasteiger charge is 2.45. The Morgan fingerprint density at radius 2 is 0.533 bits per heavy atom. The summed E-state index contributed by atoms with van der Waals surface area (Å²) in [5.74, 6) is 2.04. The maximum absolute atomic E-state index is 13.2. The third-order valence-corrected chi connectivity index (χ3v) is 38.2. The Morgan fingerprint density at radius 1 is 0.333 bits per heavy atom. The lowest BCUT2D eigenvalue weighted by atomic mass is 9.83. The average Bonchev–Trinajstić information content (AvgIpc) is 3.13. The van der Waals surface area contributed by atoms with Gasteiger partial charge < -0.3 is 35.4 Å². The summed E-state index contributed by atoms with van der Waals surface area (Å²) in [6.07, 6.45) is -1.22. The first-order valence-corrected chi connectivity index (χ1v) is 45.5. The van der Waals surface area contributed by atoms with E-state index in [1.807, 2.05) is 6.55 Å². The minimum Gasteiger partial charge on any atom is -0.437 e. The zero-order valence-electron chi connectivity index (χ0n) is 51.9. The lowest BCUT2D eigenvalue weighted by molar-refractivity contribution is -0.131. The molecule has 0 saturated heterocycles. The van der Waals surface area contributed by atoms with E-state index in [0.29, 0.717) is 60.9 Å². The predicted molar refractivity (Wildman–Crippen MR) is 341 cm³/mol. The molecule has 8 nitrogen and oxygen atoms in total. The first-order valence-electron chi connectivity index (χ1n) is 27.7. The van der Waals surface area contributed by atoms with Gasteiger partial charge in [0.2, 0.25) is 0 Å². The molecule has 0 aliphatic carbocycles. The van der Waals surface area contributed by atoms with E-state index in [0.717, 1.165) is 76.3 Å². The van der Waals surface area contributed by atoms with Gasteiger partial charge in [0.15, 0.2) is 33.3 Å². The van der Waals surface area contributed by atoms with Crippen LogP contribution in [0.5, 0.6) is 0 Å². The molecule has 0 saturated carbocycles. The predicted octanol–water partition coefficient (Wildman–Crippen LogP) is 20.5. The van der Waals surface area contributed by atoms with Crippen molar-refractivity contribution in [2.45, 2.75) is 281 Å². The van der Waals surface area contributed by atoms with Crippen molar-refractivity contribution < 1.29 is 48.6 Å². The van der Waals surface area contributed by atoms with Crippen LogP contribution < -0.4 is 0 Å². The third kappa shape index (κ3) is 47.0. The quantitative estimate of drug-likeness (QED) is 0.0466. The molecule has 0 spiro atoms. The van der Waals surface area contributed by atoms with Gasteiger partial charge in [0.25, 0.3) is 0 Å². The zero-order chi connectivity index (χ0) is 56.2. The first kappa shape index (κ1) is 87.0. The molecule has 0 aromatic carbocycles. The average molecular weight is 1190 g/mol. The second-order valence-corrected chi connectivity index (χ2v) is 53.8. The maximum atomic E-state index is 13.2. The minimum atomic E-state index is -4.21. The molecule has 0 radical (unpaired) electrons. The Morgan fingerprint density at radius 3 is 0.720 bits per heavy atom. The van der Waals surface area contributed by atoms with E-state index < -0.39 is 63.0 Å². The number of hydrogen-bond donors (Lipinski definition) is 0. The number of rotatable bonds is 34. The van der Waals surface area contributed by atoms with Crippen LogP contribution in [0, 0.1) is 45.3 Å². The van der Waals surface area contributed by atoms with Gasteiger partial charge in [0.1, 0.15) is 0 Å². The van der Waals surface area contributed by atoms with E-state index in [1.54, 1.807) is 0 Å². The van der Waals surface area contributed by atoms with Gasteiger partial charge in [-0.25, -0.2) is 0 Å². The molecule has 0 aliphatic heterocycles. The summed E-state index contributed by atoms with van der Waals surface area (Å²) in [6, 6.07) is 3.88. The molecule has 0 rings (SSSR count). The van der Waals surface area contributed by atoms with E-state index in [9.17, 15) is 13.2 Å². The maximum Gasteiger partial charge on any atom is 0.389 e. The summed E-state index contributed by atoms with van der Waals surface area (Å²) < 4.78 is 90.2. The lowest BCUT2D eigenvalue weighted by Crippen LogP contribution is -2.54. The van der Waals surface area contributed by atoms with Crippen molar-refractivity contribution in [3.05, 3.63) is 0 Å². The largest absolute Gasteiger partial charge is 0.437 e. The van der Waals surface area contributed by atoms with Crippen LogP contribution in [0.3, 0.4) is 0 Å². The summed E-state index contributed by atoms with van der Waals surface area (Å²) in [5, 5.41) is 0. The Balaban J connectivity index is -0.000000304. The second kappa shape index (κ2) is 37.1. The van der Waals surface area contributed by atoms with Crippen molar-refractivity contribution in [2.75, 3.05) is 52.9 Å². The molecule has 0 aliphatic rings. The van der Waals surface area contributed by atoms with Crippen molar-refractivity contribution in [3.8, 4) is 0 Å². The fraction of sp³-hybridized carbons (Fsp3) is 1.00. The fourth-order valence-electron chi connectivity index (χ4n) is 7.66. The van der Waals surface area contributed by atoms with Crippen LogP contribution in [0.1, 0.15) is 173 Å². The van der Waals surface area contributed by atoms with Gasteiger partial charge in [-0.2, -0.15) is 13.2 Å². The highest BCUT2D eigenvalue weighted by molar-refractivity contribution is 6.89. The topological polar surface area (TPSA) is 73.8 Å². The number of halogens is 3. The molecule has 0 aromatic rings. The standard InChI is InChI=1S/C28H61F3O4Si3.C26H60O4Si3.4CH4/c1-24(26(3,4)5)22-32-17-14-19-36(9,10)34-38(13,21-16-28(29,30)31)35-37(11,12)20-15-18-33-23-25(2)27(6,7)8;1-23(25(3,4)5)21-27-17-15-19-31(9,10)29-33(13,14)30-32(11,12)20-16-18-28-22-24(2)26(6,7)8;;;;/h24-25H,14-23H2,1-13H3;23-24H,15-22H2,1-14H3;4*1H4. The molecule has 0 bridgehead atoms. The Hall–Kier alpha value is 0.771. The molecule has 0 heterocycles. The number of ether oxygens (including phenoxy) is 4. The smallest absolute Gasteiger partial charge is 0.389 e. The van der Waals surface area contributed by atoms with Crippen LogP contribution in [-0.4, -0.2) is 109 Å². The van der Waals surface area contributed by atoms with Crippen LogP contribution in [0.2, 0.25) is 102 Å². The highest BCUT2D eigenvalue weighted by Crippen LogP contribution is 2.35. The van der Waals surface area contributed by atoms with Gasteiger partial charge in [-0.05, 0) is 173 Å². The highest BCUT2D eigenvalue weighted by atomic mass is 28.5. The van der Waals surface area contributed by atoms with Crippen molar-refractivity contribution >= 4 is 50.4 Å². The minimum absolute atomic E-state index is 0. The van der Waals surface area contributed by atoms with Crippen molar-refractivity contribution in [1.82, 2.24) is 0 Å². The van der Waals surface area contributed by atoms with Gasteiger partial charge in [0, 0.05) is 59.3 Å². The SMILES string of the molecule is C.C.C.C.CC(COCCC[Si](C)(C)O[Si](C)(C)O[Si](C)(C)CCCOCC(C)C(C)(C)C)C(C)(C)C.CC(COCCC[Si](C)(C)O[Si](C)(CCC(F)(F)F)O[Si](C)(C)CCCOCC(C)C(C)(C)C)C(C)(C)C. The zero-order valence-corrected chi connectivity index (χ0v) is 57.9. The summed E-state index contributed by atoms with van der Waals surface area (Å²) in [5.41, 5.74) is 1.01. The van der Waals surface area contributed by atoms with Crippen molar-refractivity contribution in [3.63, 3.8) is 0 Å². The van der Waals surface area contributed by atoms with E-state index >= 15 is 0 Å². The molecule has 75 heavy (non-hydrogen) atoms. The van der Waals surface area contributed by atoms with Crippen molar-refractivity contribution in [2.24, 2.45) is 45.3 Å². The van der Waals surface area contributed by atoms with Gasteiger partial charge in [0.05, 0.1) is 0 Å². The van der Waals surface area contributed by atoms with Gasteiger partial charge >= 0.3 is 23.3 Å². The second-order valence-electron chi connectivity index (χ2n) is 28.9. The Bertz CT molecular complexity index is 1320. The van der Waals surface area contributed by atoms with Crippen LogP contribution in [0.15, 0.2) is 0 Å². The molecular weight excluding hydrogens is 1050 g/mol. The molecule has 0 fully saturated rings. The first-order chi connectivity index (χ1) is 31.5. The lowest BCUT2D eigenvalue weighted by Gasteiger charge is -2.41. The Kier molecular flexibility index (Phi) is 43.0. The molecule has 0 N–H and O–H groups in total. The molecule has 0 amide bonds. The monoisotopic (exact) mass is 1190 g/mol. The molecule has 4 atom stereocenters. The molecule has 0 aromatic heterocycles. The molecule has 17 heteroatoms. The Labute approximate surface area is 475 Å². The molecule has 4 unspecified atom stereocenters. The van der Waals surface area contributed by atoms with Gasteiger partial charge in [-0.1, -0.05) is 140 Å². The molecular formula is C58H137F3O8Si6. The van der Waals surface area contributed by atoms with Crippen LogP contribution >= 0.6 is 0 Å². The number of hydrogen-bond acceptors (Lipinski definition) is 8. The summed E-state index contributed by atoms with van der Waals surface area (Å²) in [6.45, 7) is 66.0.